The van der Waals surface area contributed by atoms with Crippen molar-refractivity contribution in [1.82, 2.24) is 0 Å². The average Bonchev–Trinajstić information content (AvgIpc) is 1.76. The Balaban J connectivity index is 5.71. The van der Waals surface area contributed by atoms with Crippen molar-refractivity contribution in [3.05, 3.63) is 11.3 Å². The fraction of sp³-hybridized carbons (Fsp3) is 0.600. The Hall–Kier alpha value is -1.09. The molecule has 0 amide bonds. The first kappa shape index (κ1) is 13.9. The highest BCUT2D eigenvalue weighted by Gasteiger charge is 2.54. The van der Waals surface area contributed by atoms with Crippen LogP contribution in [0.4, 0.5) is 39.5 Å². The molecule has 0 saturated heterocycles. The number of alkyl halides is 9. The second kappa shape index (κ2) is 3.49. The van der Waals surface area contributed by atoms with Crippen LogP contribution in [0.15, 0.2) is 11.3 Å². The maximum Gasteiger partial charge on any atom is 0.420 e. The Morgan fingerprint density at radius 2 is 0.867 bits per heavy atom. The van der Waals surface area contributed by atoms with Gasteiger partial charge in [0.2, 0.25) is 0 Å². The number of hydrogen-bond donors (Lipinski definition) is 0. The molecule has 0 aliphatic carbocycles. The first-order chi connectivity index (χ1) is 6.28. The van der Waals surface area contributed by atoms with Crippen molar-refractivity contribution in [3.63, 3.8) is 0 Å². The summed E-state index contributed by atoms with van der Waals surface area (Å²) in [7, 11) is 0. The highest BCUT2D eigenvalue weighted by molar-refractivity contribution is 5.21. The quantitative estimate of drug-likeness (QED) is 0.475. The lowest BCUT2D eigenvalue weighted by Crippen LogP contribution is -2.36. The van der Waals surface area contributed by atoms with E-state index >= 15 is 0 Å². The highest BCUT2D eigenvalue weighted by Crippen LogP contribution is 2.42. The van der Waals surface area contributed by atoms with E-state index in [2.05, 4.69) is 0 Å². The molecule has 10 heteroatoms. The lowest BCUT2D eigenvalue weighted by atomic mass is 10.2. The third-order valence-electron chi connectivity index (χ3n) is 1.05. The fourth-order valence-corrected chi connectivity index (χ4v) is 0.560. The van der Waals surface area contributed by atoms with Gasteiger partial charge in [0.1, 0.15) is 5.57 Å². The van der Waals surface area contributed by atoms with Gasteiger partial charge in [-0.1, -0.05) is 0 Å². The summed E-state index contributed by atoms with van der Waals surface area (Å²) in [5.41, 5.74) is -4.08. The largest absolute Gasteiger partial charge is 0.869 e. The van der Waals surface area contributed by atoms with E-state index in [1.165, 1.54) is 0 Å². The molecule has 0 heterocycles. The molecule has 15 heavy (non-hydrogen) atoms. The summed E-state index contributed by atoms with van der Waals surface area (Å²) in [4.78, 5) is 0. The van der Waals surface area contributed by atoms with Gasteiger partial charge in [-0.05, 0) is 5.76 Å². The molecule has 0 aromatic heterocycles. The molecule has 0 aliphatic heterocycles. The molecule has 0 aromatic rings. The van der Waals surface area contributed by atoms with Gasteiger partial charge >= 0.3 is 18.5 Å². The van der Waals surface area contributed by atoms with Crippen LogP contribution in [0.1, 0.15) is 0 Å². The Kier molecular flexibility index (Phi) is 3.24. The predicted octanol–water partition coefficient (Wildman–Crippen LogP) is 2.29. The van der Waals surface area contributed by atoms with Crippen LogP contribution in [0.3, 0.4) is 0 Å². The summed E-state index contributed by atoms with van der Waals surface area (Å²) < 4.78 is 103. The third kappa shape index (κ3) is 3.51. The minimum absolute atomic E-state index is 3.96. The van der Waals surface area contributed by atoms with Crippen LogP contribution in [0.25, 0.3) is 0 Å². The minimum atomic E-state index is -6.40. The molecule has 0 radical (unpaired) electrons. The molecule has 1 nitrogen and oxygen atoms in total. The van der Waals surface area contributed by atoms with Crippen molar-refractivity contribution in [2.24, 2.45) is 0 Å². The first-order valence-electron chi connectivity index (χ1n) is 2.90. The van der Waals surface area contributed by atoms with E-state index in [9.17, 15) is 44.6 Å². The lowest BCUT2D eigenvalue weighted by molar-refractivity contribution is -0.370. The zero-order valence-electron chi connectivity index (χ0n) is 6.31. The van der Waals surface area contributed by atoms with Crippen LogP contribution in [0.5, 0.6) is 0 Å². The summed E-state index contributed by atoms with van der Waals surface area (Å²) in [6, 6.07) is 0. The molecule has 0 saturated carbocycles. The zero-order valence-corrected chi connectivity index (χ0v) is 6.31. The van der Waals surface area contributed by atoms with Gasteiger partial charge < -0.3 is 5.11 Å². The summed E-state index contributed by atoms with van der Waals surface area (Å²) in [5.74, 6) is -3.96. The van der Waals surface area contributed by atoms with Crippen LogP contribution < -0.4 is 5.11 Å². The number of allylic oxidation sites excluding steroid dienone is 2. The van der Waals surface area contributed by atoms with Crippen molar-refractivity contribution in [2.75, 3.05) is 0 Å². The van der Waals surface area contributed by atoms with E-state index in [-0.39, 0.29) is 0 Å². The monoisotopic (exact) mass is 247 g/mol. The smallest absolute Gasteiger partial charge is 0.420 e. The average molecular weight is 247 g/mol. The van der Waals surface area contributed by atoms with E-state index < -0.39 is 29.9 Å². The summed E-state index contributed by atoms with van der Waals surface area (Å²) in [6.45, 7) is 0. The van der Waals surface area contributed by atoms with Crippen molar-refractivity contribution >= 4 is 0 Å². The van der Waals surface area contributed by atoms with Gasteiger partial charge in [-0.2, -0.15) is 39.5 Å². The Morgan fingerprint density at radius 1 is 0.600 bits per heavy atom. The highest BCUT2D eigenvalue weighted by atomic mass is 19.4. The lowest BCUT2D eigenvalue weighted by Gasteiger charge is -2.24. The molecule has 0 fully saturated rings. The molecule has 0 aromatic carbocycles. The molecule has 0 bridgehead atoms. The van der Waals surface area contributed by atoms with Crippen molar-refractivity contribution in [2.45, 2.75) is 18.5 Å². The van der Waals surface area contributed by atoms with Gasteiger partial charge in [-0.15, -0.1) is 0 Å². The molecule has 0 atom stereocenters. The van der Waals surface area contributed by atoms with Crippen molar-refractivity contribution < 1.29 is 44.6 Å². The Labute approximate surface area is 75.8 Å². The minimum Gasteiger partial charge on any atom is -0.869 e. The molecule has 0 spiro atoms. The van der Waals surface area contributed by atoms with Crippen molar-refractivity contribution in [3.8, 4) is 0 Å². The second-order valence-electron chi connectivity index (χ2n) is 2.20. The number of rotatable bonds is 0. The van der Waals surface area contributed by atoms with E-state index in [1.54, 1.807) is 0 Å². The SMILES string of the molecule is [O-]C(=C(C(F)(F)F)C(F)(F)F)C(F)(F)F. The second-order valence-corrected chi connectivity index (χ2v) is 2.20. The topological polar surface area (TPSA) is 23.1 Å². The zero-order chi connectivity index (χ0) is 12.7. The molecule has 0 N–H and O–H groups in total. The standard InChI is InChI=1S/C5HF9O/c6-3(7,8)1(4(9,10)11)2(15)5(12,13)14/h15H/p-1. The van der Waals surface area contributed by atoms with Gasteiger partial charge in [0.25, 0.3) is 0 Å². The van der Waals surface area contributed by atoms with Gasteiger partial charge in [-0.25, -0.2) is 0 Å². The maximum absolute atomic E-state index is 11.5. The van der Waals surface area contributed by atoms with E-state index in [0.717, 1.165) is 0 Å². The Morgan fingerprint density at radius 3 is 0.933 bits per heavy atom. The summed E-state index contributed by atoms with van der Waals surface area (Å²) in [5, 5.41) is 9.86. The molecular formula is C5F9O-. The van der Waals surface area contributed by atoms with Crippen molar-refractivity contribution in [1.29, 1.82) is 0 Å². The molecule has 0 unspecified atom stereocenters. The molecule has 0 aliphatic rings. The number of hydrogen-bond acceptors (Lipinski definition) is 1. The molecule has 90 valence electrons. The summed E-state index contributed by atoms with van der Waals surface area (Å²) in [6.07, 6.45) is -19.0. The first-order valence-corrected chi connectivity index (χ1v) is 2.90. The van der Waals surface area contributed by atoms with Crippen LogP contribution in [0.2, 0.25) is 0 Å². The number of halogens is 9. The van der Waals surface area contributed by atoms with Crippen LogP contribution in [-0.4, -0.2) is 18.5 Å². The maximum atomic E-state index is 11.5. The van der Waals surface area contributed by atoms with Gasteiger partial charge in [0.15, 0.2) is 0 Å². The predicted molar refractivity (Wildman–Crippen MR) is 25.2 cm³/mol. The molecular weight excluding hydrogens is 247 g/mol. The Bertz CT molecular complexity index is 248. The third-order valence-corrected chi connectivity index (χ3v) is 1.05. The molecule has 0 rings (SSSR count). The van der Waals surface area contributed by atoms with E-state index in [1.807, 2.05) is 0 Å². The van der Waals surface area contributed by atoms with Crippen LogP contribution in [-0.2, 0) is 0 Å². The van der Waals surface area contributed by atoms with Gasteiger partial charge in [0, 0.05) is 0 Å². The van der Waals surface area contributed by atoms with E-state index in [0.29, 0.717) is 0 Å². The van der Waals surface area contributed by atoms with Gasteiger partial charge in [0.05, 0.1) is 0 Å². The summed E-state index contributed by atoms with van der Waals surface area (Å²) >= 11 is 0. The van der Waals surface area contributed by atoms with Crippen LogP contribution >= 0.6 is 0 Å². The normalized spacial score (nSPS) is 13.9. The van der Waals surface area contributed by atoms with Crippen LogP contribution in [0, 0.1) is 0 Å². The van der Waals surface area contributed by atoms with E-state index in [4.69, 9.17) is 0 Å². The van der Waals surface area contributed by atoms with Gasteiger partial charge in [-0.3, -0.25) is 0 Å². The fourth-order valence-electron chi connectivity index (χ4n) is 0.560.